The van der Waals surface area contributed by atoms with Gasteiger partial charge in [0.2, 0.25) is 9.84 Å². The average molecular weight is 721 g/mol. The van der Waals surface area contributed by atoms with E-state index < -0.39 is 9.84 Å². The van der Waals surface area contributed by atoms with Gasteiger partial charge in [0.25, 0.3) is 0 Å². The second-order valence-corrected chi connectivity index (χ2v) is 17.0. The third-order valence-corrected chi connectivity index (χ3v) is 12.9. The number of halogens is 1. The van der Waals surface area contributed by atoms with Crippen molar-refractivity contribution in [1.29, 1.82) is 0 Å². The molecule has 0 N–H and O–H groups in total. The van der Waals surface area contributed by atoms with Crippen molar-refractivity contribution >= 4 is 47.6 Å². The van der Waals surface area contributed by atoms with Crippen LogP contribution in [-0.2, 0) is 16.4 Å². The second kappa shape index (κ2) is 18.0. The summed E-state index contributed by atoms with van der Waals surface area (Å²) in [6.07, 6.45) is 26.9. The molecule has 1 aromatic heterocycles. The van der Waals surface area contributed by atoms with E-state index in [1.165, 1.54) is 139 Å². The van der Waals surface area contributed by atoms with E-state index in [2.05, 4.69) is 64.7 Å². The van der Waals surface area contributed by atoms with Crippen molar-refractivity contribution in [3.8, 4) is 11.1 Å². The lowest BCUT2D eigenvalue weighted by Gasteiger charge is -2.20. The first-order chi connectivity index (χ1) is 23.0. The summed E-state index contributed by atoms with van der Waals surface area (Å²) in [5.74, 6) is 0.598. The van der Waals surface area contributed by atoms with E-state index in [4.69, 9.17) is 0 Å². The van der Waals surface area contributed by atoms with Crippen molar-refractivity contribution in [3.05, 3.63) is 59.1 Å². The fourth-order valence-electron chi connectivity index (χ4n) is 7.84. The van der Waals surface area contributed by atoms with E-state index >= 15 is 0 Å². The summed E-state index contributed by atoms with van der Waals surface area (Å²) in [5.41, 5.74) is 3.94. The van der Waals surface area contributed by atoms with Gasteiger partial charge in [-0.2, -0.15) is 0 Å². The summed E-state index contributed by atoms with van der Waals surface area (Å²) in [7, 11) is -3.57. The van der Waals surface area contributed by atoms with Crippen LogP contribution in [-0.4, -0.2) is 13.0 Å². The van der Waals surface area contributed by atoms with Gasteiger partial charge in [-0.25, -0.2) is 8.42 Å². The number of sulfone groups is 1. The highest BCUT2D eigenvalue weighted by Gasteiger charge is 2.34. The Kier molecular flexibility index (Phi) is 13.9. The minimum absolute atomic E-state index is 0.416. The lowest BCUT2D eigenvalue weighted by Crippen LogP contribution is -2.11. The summed E-state index contributed by atoms with van der Waals surface area (Å²) < 4.78 is 30.8. The van der Waals surface area contributed by atoms with Crippen molar-refractivity contribution in [2.24, 2.45) is 5.92 Å². The van der Waals surface area contributed by atoms with Crippen LogP contribution in [0.15, 0.2) is 68.9 Å². The Morgan fingerprint density at radius 1 is 0.574 bits per heavy atom. The van der Waals surface area contributed by atoms with Gasteiger partial charge in [-0.1, -0.05) is 170 Å². The van der Waals surface area contributed by atoms with Gasteiger partial charge in [-0.05, 0) is 49.1 Å². The molecule has 256 valence electrons. The van der Waals surface area contributed by atoms with Gasteiger partial charge in [-0.3, -0.25) is 0 Å². The number of para-hydroxylation sites is 1. The number of hydrogen-bond acceptors (Lipinski definition) is 2. The monoisotopic (exact) mass is 719 g/mol. The molecule has 0 radical (unpaired) electrons. The van der Waals surface area contributed by atoms with Gasteiger partial charge < -0.3 is 4.57 Å². The predicted octanol–water partition coefficient (Wildman–Crippen LogP) is 13.8. The molecule has 1 atom stereocenters. The normalized spacial score (nSPS) is 14.2. The highest BCUT2D eigenvalue weighted by Crippen LogP contribution is 2.47. The third kappa shape index (κ3) is 9.12. The number of aromatic nitrogens is 1. The molecule has 1 unspecified atom stereocenters. The molecule has 5 rings (SSSR count). The fraction of sp³-hybridized carbons (Fsp3) is 0.571. The quantitative estimate of drug-likeness (QED) is 0.0668. The Balaban J connectivity index is 1.32. The number of fused-ring (bicyclic) bond motifs is 6. The molecular formula is C42H58BrNO2S. The average Bonchev–Trinajstić information content (AvgIpc) is 3.49. The molecule has 0 spiro atoms. The van der Waals surface area contributed by atoms with Crippen LogP contribution in [0.25, 0.3) is 32.9 Å². The van der Waals surface area contributed by atoms with E-state index in [1.807, 2.05) is 18.2 Å². The first-order valence-corrected chi connectivity index (χ1v) is 21.3. The van der Waals surface area contributed by atoms with Crippen molar-refractivity contribution in [2.45, 2.75) is 159 Å². The maximum atomic E-state index is 13.8. The van der Waals surface area contributed by atoms with Gasteiger partial charge in [0.05, 0.1) is 15.3 Å². The van der Waals surface area contributed by atoms with Gasteiger partial charge in [0, 0.05) is 38.4 Å². The lowest BCUT2D eigenvalue weighted by molar-refractivity contribution is 0.364. The number of benzene rings is 3. The topological polar surface area (TPSA) is 39.1 Å². The molecule has 1 aliphatic rings. The van der Waals surface area contributed by atoms with Crippen molar-refractivity contribution < 1.29 is 8.42 Å². The van der Waals surface area contributed by atoms with Crippen LogP contribution in [0.4, 0.5) is 0 Å². The van der Waals surface area contributed by atoms with E-state index in [0.717, 1.165) is 33.0 Å². The van der Waals surface area contributed by atoms with Gasteiger partial charge in [-0.15, -0.1) is 0 Å². The zero-order valence-electron chi connectivity index (χ0n) is 29.2. The van der Waals surface area contributed by atoms with Crippen molar-refractivity contribution in [3.63, 3.8) is 0 Å². The smallest absolute Gasteiger partial charge is 0.207 e. The molecule has 2 heterocycles. The van der Waals surface area contributed by atoms with E-state index in [0.29, 0.717) is 15.7 Å². The van der Waals surface area contributed by atoms with E-state index in [9.17, 15) is 8.42 Å². The summed E-state index contributed by atoms with van der Waals surface area (Å²) in [6.45, 7) is 5.53. The maximum Gasteiger partial charge on any atom is 0.207 e. The van der Waals surface area contributed by atoms with Crippen LogP contribution in [0.1, 0.15) is 142 Å². The molecule has 0 amide bonds. The maximum absolute atomic E-state index is 13.8. The molecule has 5 heteroatoms. The summed E-state index contributed by atoms with van der Waals surface area (Å²) >= 11 is 3.49. The van der Waals surface area contributed by atoms with Crippen molar-refractivity contribution in [1.82, 2.24) is 4.57 Å². The molecule has 0 fully saturated rings. The van der Waals surface area contributed by atoms with E-state index in [-0.39, 0.29) is 0 Å². The molecular weight excluding hydrogens is 662 g/mol. The second-order valence-electron chi connectivity index (χ2n) is 14.2. The summed E-state index contributed by atoms with van der Waals surface area (Å²) in [4.78, 5) is 0.871. The molecule has 4 aromatic rings. The fourth-order valence-corrected chi connectivity index (χ4v) is 10.1. The highest BCUT2D eigenvalue weighted by molar-refractivity contribution is 9.10. The molecule has 0 saturated carbocycles. The first-order valence-electron chi connectivity index (χ1n) is 19.1. The number of nitrogens with zero attached hydrogens (tertiary/aromatic N) is 1. The zero-order valence-corrected chi connectivity index (χ0v) is 31.6. The Morgan fingerprint density at radius 3 is 1.70 bits per heavy atom. The SMILES string of the molecule is CCCCCCCCCCCCC(CCCCCCCCCC)Cn1c2ccccc2c2cc3c(cc21)S(=O)(=O)c1cc(Br)ccc1-3. The van der Waals surface area contributed by atoms with Gasteiger partial charge in [0.1, 0.15) is 0 Å². The van der Waals surface area contributed by atoms with Gasteiger partial charge in [0.15, 0.2) is 0 Å². The standard InChI is InChI=1S/C42H58BrNO2S/c1-3-5-7-9-11-13-14-16-18-20-24-33(23-19-17-15-12-10-8-6-4-2)32-44-39-26-22-21-25-35(39)37-30-38-36-28-27-34(43)29-41(36)47(45,46)42(38)31-40(37)44/h21-22,25-31,33H,3-20,23-24,32H2,1-2H3. The number of rotatable bonds is 22. The summed E-state index contributed by atoms with van der Waals surface area (Å²) in [5, 5.41) is 2.38. The molecule has 0 aliphatic carbocycles. The number of hydrogen-bond donors (Lipinski definition) is 0. The Bertz CT molecular complexity index is 1690. The largest absolute Gasteiger partial charge is 0.340 e. The van der Waals surface area contributed by atoms with E-state index in [1.54, 1.807) is 6.07 Å². The molecule has 1 aliphatic heterocycles. The molecule has 3 aromatic carbocycles. The minimum Gasteiger partial charge on any atom is -0.340 e. The molecule has 3 nitrogen and oxygen atoms in total. The van der Waals surface area contributed by atoms with Crippen molar-refractivity contribution in [2.75, 3.05) is 0 Å². The first kappa shape index (κ1) is 36.2. The van der Waals surface area contributed by atoms with Crippen LogP contribution in [0.5, 0.6) is 0 Å². The molecule has 0 bridgehead atoms. The number of unbranched alkanes of at least 4 members (excludes halogenated alkanes) is 16. The predicted molar refractivity (Wildman–Crippen MR) is 205 cm³/mol. The zero-order chi connectivity index (χ0) is 33.1. The molecule has 0 saturated heterocycles. The van der Waals surface area contributed by atoms with Crippen LogP contribution < -0.4 is 0 Å². The minimum atomic E-state index is -3.57. The molecule has 47 heavy (non-hydrogen) atoms. The van der Waals surface area contributed by atoms with Crippen LogP contribution >= 0.6 is 15.9 Å². The Hall–Kier alpha value is -2.11. The van der Waals surface area contributed by atoms with Crippen LogP contribution in [0.3, 0.4) is 0 Å². The van der Waals surface area contributed by atoms with Crippen LogP contribution in [0.2, 0.25) is 0 Å². The van der Waals surface area contributed by atoms with Gasteiger partial charge >= 0.3 is 0 Å². The Labute approximate surface area is 294 Å². The summed E-state index contributed by atoms with van der Waals surface area (Å²) in [6, 6.07) is 18.5. The lowest BCUT2D eigenvalue weighted by atomic mass is 9.93. The van der Waals surface area contributed by atoms with Crippen LogP contribution in [0, 0.1) is 5.92 Å². The highest BCUT2D eigenvalue weighted by atomic mass is 79.9. The Morgan fingerprint density at radius 2 is 1.11 bits per heavy atom. The third-order valence-electron chi connectivity index (χ3n) is 10.6.